The SMILES string of the molecule is Cc1ccc(COC(=O)c2cc(S(=O)(=O)N(C)C(C)C)ccc2Cl)cc1. The van der Waals surface area contributed by atoms with Crippen molar-refractivity contribution in [3.8, 4) is 0 Å². The predicted octanol–water partition coefficient (Wildman–Crippen LogP) is 4.03. The second kappa shape index (κ2) is 8.20. The van der Waals surface area contributed by atoms with Crippen LogP contribution in [0.15, 0.2) is 47.4 Å². The van der Waals surface area contributed by atoms with Crippen LogP contribution in [0.1, 0.15) is 35.3 Å². The molecule has 2 aromatic rings. The summed E-state index contributed by atoms with van der Waals surface area (Å²) < 4.78 is 31.7. The van der Waals surface area contributed by atoms with Gasteiger partial charge in [0.25, 0.3) is 0 Å². The van der Waals surface area contributed by atoms with Crippen LogP contribution in [0.4, 0.5) is 0 Å². The average Bonchev–Trinajstić information content (AvgIpc) is 2.60. The number of carbonyl (C=O) groups is 1. The highest BCUT2D eigenvalue weighted by molar-refractivity contribution is 7.89. The van der Waals surface area contributed by atoms with E-state index in [2.05, 4.69) is 0 Å². The van der Waals surface area contributed by atoms with E-state index in [1.807, 2.05) is 31.2 Å². The summed E-state index contributed by atoms with van der Waals surface area (Å²) in [5.41, 5.74) is 1.97. The number of aryl methyl sites for hydroxylation is 1. The molecule has 2 aromatic carbocycles. The van der Waals surface area contributed by atoms with E-state index >= 15 is 0 Å². The van der Waals surface area contributed by atoms with E-state index in [9.17, 15) is 13.2 Å². The number of carbonyl (C=O) groups excluding carboxylic acids is 1. The summed E-state index contributed by atoms with van der Waals surface area (Å²) in [5.74, 6) is -0.667. The van der Waals surface area contributed by atoms with Gasteiger partial charge in [0.15, 0.2) is 0 Å². The number of hydrogen-bond acceptors (Lipinski definition) is 4. The molecule has 0 saturated heterocycles. The highest BCUT2D eigenvalue weighted by Gasteiger charge is 2.25. The third-order valence-electron chi connectivity index (χ3n) is 4.05. The minimum Gasteiger partial charge on any atom is -0.457 e. The van der Waals surface area contributed by atoms with Gasteiger partial charge in [0.1, 0.15) is 6.61 Å². The number of ether oxygens (including phenoxy) is 1. The smallest absolute Gasteiger partial charge is 0.340 e. The molecule has 0 aliphatic rings. The van der Waals surface area contributed by atoms with Crippen LogP contribution in [-0.2, 0) is 21.4 Å². The van der Waals surface area contributed by atoms with E-state index in [-0.39, 0.29) is 28.1 Å². The minimum atomic E-state index is -3.72. The molecule has 0 bridgehead atoms. The first-order valence-electron chi connectivity index (χ1n) is 8.13. The second-order valence-electron chi connectivity index (χ2n) is 6.32. The van der Waals surface area contributed by atoms with E-state index in [1.54, 1.807) is 13.8 Å². The fourth-order valence-electron chi connectivity index (χ4n) is 2.18. The fraction of sp³-hybridized carbons (Fsp3) is 0.316. The molecular formula is C19H22ClNO4S. The van der Waals surface area contributed by atoms with Crippen molar-refractivity contribution in [3.63, 3.8) is 0 Å². The molecule has 0 fully saturated rings. The molecule has 0 unspecified atom stereocenters. The molecule has 0 radical (unpaired) electrons. The Labute approximate surface area is 159 Å². The van der Waals surface area contributed by atoms with Crippen molar-refractivity contribution in [2.45, 2.75) is 38.3 Å². The summed E-state index contributed by atoms with van der Waals surface area (Å²) in [5, 5.41) is 0.144. The van der Waals surface area contributed by atoms with Crippen molar-refractivity contribution in [1.82, 2.24) is 4.31 Å². The van der Waals surface area contributed by atoms with Gasteiger partial charge in [-0.05, 0) is 44.5 Å². The fourth-order valence-corrected chi connectivity index (χ4v) is 3.77. The van der Waals surface area contributed by atoms with E-state index in [0.29, 0.717) is 0 Å². The lowest BCUT2D eigenvalue weighted by molar-refractivity contribution is 0.0472. The maximum Gasteiger partial charge on any atom is 0.340 e. The summed E-state index contributed by atoms with van der Waals surface area (Å²) in [6.07, 6.45) is 0. The Bertz CT molecular complexity index is 892. The Hall–Kier alpha value is -1.89. The molecule has 5 nitrogen and oxygen atoms in total. The average molecular weight is 396 g/mol. The molecule has 26 heavy (non-hydrogen) atoms. The normalized spacial score (nSPS) is 11.8. The molecule has 0 heterocycles. The van der Waals surface area contributed by atoms with Gasteiger partial charge in [-0.1, -0.05) is 41.4 Å². The van der Waals surface area contributed by atoms with Crippen LogP contribution in [0.25, 0.3) is 0 Å². The molecule has 0 aliphatic carbocycles. The lowest BCUT2D eigenvalue weighted by Gasteiger charge is -2.21. The van der Waals surface area contributed by atoms with Gasteiger partial charge in [0, 0.05) is 13.1 Å². The van der Waals surface area contributed by atoms with Crippen LogP contribution in [-0.4, -0.2) is 31.8 Å². The first-order chi connectivity index (χ1) is 12.1. The molecular weight excluding hydrogens is 374 g/mol. The van der Waals surface area contributed by atoms with Crippen LogP contribution in [0, 0.1) is 6.92 Å². The summed E-state index contributed by atoms with van der Waals surface area (Å²) in [6.45, 7) is 5.59. The predicted molar refractivity (Wildman–Crippen MR) is 102 cm³/mol. The maximum atomic E-state index is 12.6. The number of rotatable bonds is 6. The van der Waals surface area contributed by atoms with E-state index in [4.69, 9.17) is 16.3 Å². The summed E-state index contributed by atoms with van der Waals surface area (Å²) in [7, 11) is -2.23. The number of benzene rings is 2. The Morgan fingerprint density at radius 2 is 1.77 bits per heavy atom. The molecule has 0 spiro atoms. The lowest BCUT2D eigenvalue weighted by atomic mass is 10.2. The quantitative estimate of drug-likeness (QED) is 0.692. The second-order valence-corrected chi connectivity index (χ2v) is 8.72. The third-order valence-corrected chi connectivity index (χ3v) is 6.41. The van der Waals surface area contributed by atoms with Gasteiger partial charge < -0.3 is 4.74 Å². The first-order valence-corrected chi connectivity index (χ1v) is 9.95. The van der Waals surface area contributed by atoms with Gasteiger partial charge in [-0.3, -0.25) is 0 Å². The standard InChI is InChI=1S/C19H22ClNO4S/c1-13(2)21(4)26(23,24)16-9-10-18(20)17(11-16)19(22)25-12-15-7-5-14(3)6-8-15/h5-11,13H,12H2,1-4H3. The van der Waals surface area contributed by atoms with Gasteiger partial charge in [-0.25, -0.2) is 13.2 Å². The third kappa shape index (κ3) is 4.63. The van der Waals surface area contributed by atoms with Crippen LogP contribution in [0.3, 0.4) is 0 Å². The Morgan fingerprint density at radius 1 is 1.15 bits per heavy atom. The van der Waals surface area contributed by atoms with Crippen LogP contribution < -0.4 is 0 Å². The Balaban J connectivity index is 2.23. The summed E-state index contributed by atoms with van der Waals surface area (Å²) >= 11 is 6.08. The highest BCUT2D eigenvalue weighted by atomic mass is 35.5. The van der Waals surface area contributed by atoms with Crippen molar-refractivity contribution < 1.29 is 17.9 Å². The zero-order valence-electron chi connectivity index (χ0n) is 15.2. The zero-order chi connectivity index (χ0) is 19.5. The Kier molecular flexibility index (Phi) is 6.44. The summed E-state index contributed by atoms with van der Waals surface area (Å²) in [4.78, 5) is 12.4. The van der Waals surface area contributed by atoms with Crippen molar-refractivity contribution in [3.05, 3.63) is 64.2 Å². The molecule has 0 saturated carbocycles. The lowest BCUT2D eigenvalue weighted by Crippen LogP contribution is -2.33. The molecule has 2 rings (SSSR count). The maximum absolute atomic E-state index is 12.6. The highest BCUT2D eigenvalue weighted by Crippen LogP contribution is 2.24. The van der Waals surface area contributed by atoms with E-state index < -0.39 is 16.0 Å². The number of hydrogen-bond donors (Lipinski definition) is 0. The van der Waals surface area contributed by atoms with E-state index in [0.717, 1.165) is 11.1 Å². The molecule has 7 heteroatoms. The monoisotopic (exact) mass is 395 g/mol. The Morgan fingerprint density at radius 3 is 2.35 bits per heavy atom. The molecule has 0 amide bonds. The molecule has 0 aromatic heterocycles. The number of sulfonamides is 1. The minimum absolute atomic E-state index is 0.000357. The summed E-state index contributed by atoms with van der Waals surface area (Å²) in [6, 6.07) is 11.4. The van der Waals surface area contributed by atoms with Gasteiger partial charge in [0.2, 0.25) is 10.0 Å². The largest absolute Gasteiger partial charge is 0.457 e. The van der Waals surface area contributed by atoms with Gasteiger partial charge in [-0.15, -0.1) is 0 Å². The van der Waals surface area contributed by atoms with Crippen LogP contribution >= 0.6 is 11.6 Å². The number of esters is 1. The molecule has 140 valence electrons. The number of nitrogens with zero attached hydrogens (tertiary/aromatic N) is 1. The van der Waals surface area contributed by atoms with Gasteiger partial charge >= 0.3 is 5.97 Å². The number of halogens is 1. The van der Waals surface area contributed by atoms with E-state index in [1.165, 1.54) is 29.6 Å². The first kappa shape index (κ1) is 20.4. The topological polar surface area (TPSA) is 63.7 Å². The van der Waals surface area contributed by atoms with Crippen molar-refractivity contribution in [2.75, 3.05) is 7.05 Å². The molecule has 0 atom stereocenters. The van der Waals surface area contributed by atoms with Crippen molar-refractivity contribution in [1.29, 1.82) is 0 Å². The van der Waals surface area contributed by atoms with Gasteiger partial charge in [-0.2, -0.15) is 4.31 Å². The molecule has 0 N–H and O–H groups in total. The van der Waals surface area contributed by atoms with Crippen LogP contribution in [0.2, 0.25) is 5.02 Å². The van der Waals surface area contributed by atoms with Crippen molar-refractivity contribution >= 4 is 27.6 Å². The van der Waals surface area contributed by atoms with Crippen molar-refractivity contribution in [2.24, 2.45) is 0 Å². The molecule has 0 aliphatic heterocycles. The van der Waals surface area contributed by atoms with Gasteiger partial charge in [0.05, 0.1) is 15.5 Å². The van der Waals surface area contributed by atoms with Crippen LogP contribution in [0.5, 0.6) is 0 Å². The zero-order valence-corrected chi connectivity index (χ0v) is 16.8.